The van der Waals surface area contributed by atoms with Gasteiger partial charge in [0.1, 0.15) is 5.75 Å². The maximum atomic E-state index is 5.50. The first-order valence-electron chi connectivity index (χ1n) is 7.59. The molecule has 3 rings (SSSR count). The fourth-order valence-corrected chi connectivity index (χ4v) is 2.77. The number of anilines is 2. The van der Waals surface area contributed by atoms with Gasteiger partial charge in [-0.2, -0.15) is 0 Å². The molecule has 0 aliphatic carbocycles. The molecule has 0 saturated carbocycles. The van der Waals surface area contributed by atoms with Crippen LogP contribution in [0.2, 0.25) is 0 Å². The highest BCUT2D eigenvalue weighted by Gasteiger charge is 2.22. The molecular weight excluding hydrogens is 260 g/mol. The Morgan fingerprint density at radius 1 is 1.14 bits per heavy atom. The van der Waals surface area contributed by atoms with Crippen molar-refractivity contribution in [2.45, 2.75) is 26.4 Å². The summed E-state index contributed by atoms with van der Waals surface area (Å²) in [7, 11) is 0. The molecule has 2 aromatic rings. The van der Waals surface area contributed by atoms with E-state index in [1.165, 1.54) is 16.9 Å². The fourth-order valence-electron chi connectivity index (χ4n) is 2.77. The summed E-state index contributed by atoms with van der Waals surface area (Å²) >= 11 is 0. The SMILES string of the molecule is CCOc1ccc(CN2c3ccccc3NCC2C)cc1. The molecule has 1 unspecified atom stereocenters. The number of para-hydroxylation sites is 2. The van der Waals surface area contributed by atoms with Crippen molar-refractivity contribution < 1.29 is 4.74 Å². The van der Waals surface area contributed by atoms with Crippen molar-refractivity contribution in [1.29, 1.82) is 0 Å². The lowest BCUT2D eigenvalue weighted by atomic mass is 10.1. The van der Waals surface area contributed by atoms with Crippen molar-refractivity contribution in [2.24, 2.45) is 0 Å². The zero-order chi connectivity index (χ0) is 14.7. The smallest absolute Gasteiger partial charge is 0.119 e. The van der Waals surface area contributed by atoms with Crippen LogP contribution in [0.1, 0.15) is 19.4 Å². The third-order valence-electron chi connectivity index (χ3n) is 3.92. The van der Waals surface area contributed by atoms with Gasteiger partial charge in [-0.05, 0) is 43.7 Å². The number of fused-ring (bicyclic) bond motifs is 1. The highest BCUT2D eigenvalue weighted by Crippen LogP contribution is 2.32. The number of nitrogens with one attached hydrogen (secondary N) is 1. The zero-order valence-corrected chi connectivity index (χ0v) is 12.7. The van der Waals surface area contributed by atoms with Crippen LogP contribution in [0.5, 0.6) is 5.75 Å². The Kier molecular flexibility index (Phi) is 4.00. The van der Waals surface area contributed by atoms with Crippen LogP contribution in [-0.4, -0.2) is 19.2 Å². The molecule has 3 nitrogen and oxygen atoms in total. The normalized spacial score (nSPS) is 17.0. The summed E-state index contributed by atoms with van der Waals surface area (Å²) in [5.74, 6) is 0.940. The fraction of sp³-hybridized carbons (Fsp3) is 0.333. The second-order valence-electron chi connectivity index (χ2n) is 5.45. The minimum absolute atomic E-state index is 0.478. The number of benzene rings is 2. The standard InChI is InChI=1S/C18H22N2O/c1-3-21-16-10-8-15(9-11-16)13-20-14(2)12-19-17-6-4-5-7-18(17)20/h4-11,14,19H,3,12-13H2,1-2H3. The molecule has 0 saturated heterocycles. The zero-order valence-electron chi connectivity index (χ0n) is 12.7. The lowest BCUT2D eigenvalue weighted by Crippen LogP contribution is -2.41. The summed E-state index contributed by atoms with van der Waals surface area (Å²) in [6.45, 7) is 6.88. The van der Waals surface area contributed by atoms with Crippen molar-refractivity contribution in [1.82, 2.24) is 0 Å². The van der Waals surface area contributed by atoms with Crippen LogP contribution in [0.3, 0.4) is 0 Å². The van der Waals surface area contributed by atoms with E-state index >= 15 is 0 Å². The highest BCUT2D eigenvalue weighted by atomic mass is 16.5. The topological polar surface area (TPSA) is 24.5 Å². The van der Waals surface area contributed by atoms with Crippen LogP contribution >= 0.6 is 0 Å². The second kappa shape index (κ2) is 6.08. The average Bonchev–Trinajstić information content (AvgIpc) is 2.52. The Morgan fingerprint density at radius 3 is 2.67 bits per heavy atom. The molecule has 0 spiro atoms. The lowest BCUT2D eigenvalue weighted by Gasteiger charge is -2.37. The van der Waals surface area contributed by atoms with Gasteiger partial charge in [-0.15, -0.1) is 0 Å². The first kappa shape index (κ1) is 13.8. The maximum Gasteiger partial charge on any atom is 0.119 e. The van der Waals surface area contributed by atoms with E-state index in [9.17, 15) is 0 Å². The quantitative estimate of drug-likeness (QED) is 0.920. The van der Waals surface area contributed by atoms with Crippen LogP contribution in [0.15, 0.2) is 48.5 Å². The maximum absolute atomic E-state index is 5.50. The molecule has 0 bridgehead atoms. The predicted octanol–water partition coefficient (Wildman–Crippen LogP) is 3.91. The summed E-state index contributed by atoms with van der Waals surface area (Å²) in [6, 6.07) is 17.4. The van der Waals surface area contributed by atoms with Crippen LogP contribution < -0.4 is 15.0 Å². The number of hydrogen-bond acceptors (Lipinski definition) is 3. The molecule has 0 aromatic heterocycles. The molecule has 1 aliphatic heterocycles. The minimum Gasteiger partial charge on any atom is -0.494 e. The average molecular weight is 282 g/mol. The third kappa shape index (κ3) is 2.97. The van der Waals surface area contributed by atoms with Gasteiger partial charge in [-0.25, -0.2) is 0 Å². The van der Waals surface area contributed by atoms with E-state index in [1.807, 2.05) is 6.92 Å². The number of hydrogen-bond donors (Lipinski definition) is 1. The van der Waals surface area contributed by atoms with E-state index in [0.29, 0.717) is 12.6 Å². The van der Waals surface area contributed by atoms with Gasteiger partial charge in [-0.1, -0.05) is 24.3 Å². The minimum atomic E-state index is 0.478. The number of ether oxygens (including phenoxy) is 1. The Morgan fingerprint density at radius 2 is 1.90 bits per heavy atom. The summed E-state index contributed by atoms with van der Waals surface area (Å²) < 4.78 is 5.50. The van der Waals surface area contributed by atoms with Gasteiger partial charge in [0.15, 0.2) is 0 Å². The molecule has 1 atom stereocenters. The molecule has 0 radical (unpaired) electrons. The molecule has 0 fully saturated rings. The Hall–Kier alpha value is -2.16. The molecule has 21 heavy (non-hydrogen) atoms. The van der Waals surface area contributed by atoms with Crippen LogP contribution in [-0.2, 0) is 6.54 Å². The monoisotopic (exact) mass is 282 g/mol. The molecule has 1 N–H and O–H groups in total. The molecule has 0 amide bonds. The van der Waals surface area contributed by atoms with Gasteiger partial charge >= 0.3 is 0 Å². The van der Waals surface area contributed by atoms with E-state index in [4.69, 9.17) is 4.74 Å². The lowest BCUT2D eigenvalue weighted by molar-refractivity contribution is 0.340. The highest BCUT2D eigenvalue weighted by molar-refractivity contribution is 5.72. The van der Waals surface area contributed by atoms with Gasteiger partial charge in [-0.3, -0.25) is 0 Å². The molecule has 1 heterocycles. The van der Waals surface area contributed by atoms with E-state index in [1.54, 1.807) is 0 Å². The molecule has 1 aliphatic rings. The molecule has 110 valence electrons. The van der Waals surface area contributed by atoms with Crippen molar-refractivity contribution >= 4 is 11.4 Å². The Balaban J connectivity index is 1.80. The first-order valence-corrected chi connectivity index (χ1v) is 7.59. The van der Waals surface area contributed by atoms with E-state index in [2.05, 4.69) is 65.7 Å². The van der Waals surface area contributed by atoms with Crippen molar-refractivity contribution in [3.05, 3.63) is 54.1 Å². The summed E-state index contributed by atoms with van der Waals surface area (Å²) in [5.41, 5.74) is 3.81. The third-order valence-corrected chi connectivity index (χ3v) is 3.92. The van der Waals surface area contributed by atoms with Crippen LogP contribution in [0.25, 0.3) is 0 Å². The van der Waals surface area contributed by atoms with Gasteiger partial charge < -0.3 is 15.0 Å². The summed E-state index contributed by atoms with van der Waals surface area (Å²) in [6.07, 6.45) is 0. The van der Waals surface area contributed by atoms with Gasteiger partial charge in [0, 0.05) is 19.1 Å². The number of nitrogens with zero attached hydrogens (tertiary/aromatic N) is 1. The largest absolute Gasteiger partial charge is 0.494 e. The van der Waals surface area contributed by atoms with Crippen molar-refractivity contribution in [3.8, 4) is 5.75 Å². The van der Waals surface area contributed by atoms with Crippen LogP contribution in [0.4, 0.5) is 11.4 Å². The van der Waals surface area contributed by atoms with E-state index in [-0.39, 0.29) is 0 Å². The second-order valence-corrected chi connectivity index (χ2v) is 5.45. The van der Waals surface area contributed by atoms with Gasteiger partial charge in [0.25, 0.3) is 0 Å². The Labute approximate surface area is 126 Å². The van der Waals surface area contributed by atoms with Gasteiger partial charge in [0.2, 0.25) is 0 Å². The Bertz CT molecular complexity index is 594. The summed E-state index contributed by atoms with van der Waals surface area (Å²) in [5, 5.41) is 3.49. The van der Waals surface area contributed by atoms with E-state index in [0.717, 1.165) is 18.8 Å². The molecule has 3 heteroatoms. The van der Waals surface area contributed by atoms with Crippen molar-refractivity contribution in [2.75, 3.05) is 23.4 Å². The first-order chi connectivity index (χ1) is 10.3. The number of rotatable bonds is 4. The van der Waals surface area contributed by atoms with E-state index < -0.39 is 0 Å². The van der Waals surface area contributed by atoms with Crippen LogP contribution in [0, 0.1) is 0 Å². The van der Waals surface area contributed by atoms with Crippen molar-refractivity contribution in [3.63, 3.8) is 0 Å². The molecular formula is C18H22N2O. The van der Waals surface area contributed by atoms with Gasteiger partial charge in [0.05, 0.1) is 18.0 Å². The molecule has 2 aromatic carbocycles. The summed E-state index contributed by atoms with van der Waals surface area (Å²) in [4.78, 5) is 2.46. The predicted molar refractivity (Wildman–Crippen MR) is 88.2 cm³/mol.